The molecular weight excluding hydrogens is 258 g/mol. The van der Waals surface area contributed by atoms with Crippen LogP contribution in [0, 0.1) is 19.8 Å². The number of fused-ring (bicyclic) bond motifs is 1. The van der Waals surface area contributed by atoms with Crippen molar-refractivity contribution in [2.24, 2.45) is 5.92 Å². The van der Waals surface area contributed by atoms with Crippen LogP contribution < -0.4 is 4.74 Å². The number of thiazole rings is 1. The molecule has 2 aromatic rings. The molecule has 1 fully saturated rings. The fourth-order valence-corrected chi connectivity index (χ4v) is 3.41. The van der Waals surface area contributed by atoms with Gasteiger partial charge in [-0.2, -0.15) is 4.98 Å². The number of aryl methyl sites for hydroxylation is 2. The van der Waals surface area contributed by atoms with Crippen molar-refractivity contribution in [3.63, 3.8) is 0 Å². The average molecular weight is 277 g/mol. The van der Waals surface area contributed by atoms with Gasteiger partial charge >= 0.3 is 0 Å². The highest BCUT2D eigenvalue weighted by Gasteiger charge is 2.22. The highest BCUT2D eigenvalue weighted by molar-refractivity contribution is 7.18. The van der Waals surface area contributed by atoms with E-state index in [0.29, 0.717) is 5.88 Å². The van der Waals surface area contributed by atoms with Crippen LogP contribution in [0.1, 0.15) is 43.4 Å². The summed E-state index contributed by atoms with van der Waals surface area (Å²) >= 11 is 1.60. The minimum Gasteiger partial charge on any atom is -0.473 e. The Morgan fingerprint density at radius 1 is 1.05 bits per heavy atom. The lowest BCUT2D eigenvalue weighted by Gasteiger charge is -2.26. The Hall–Kier alpha value is -1.23. The number of ether oxygens (including phenoxy) is 1. The van der Waals surface area contributed by atoms with Crippen molar-refractivity contribution in [1.82, 2.24) is 15.0 Å². The maximum atomic E-state index is 6.10. The van der Waals surface area contributed by atoms with Crippen LogP contribution in [-0.4, -0.2) is 21.1 Å². The Morgan fingerprint density at radius 2 is 1.79 bits per heavy atom. The maximum absolute atomic E-state index is 6.10. The largest absolute Gasteiger partial charge is 0.473 e. The van der Waals surface area contributed by atoms with Crippen LogP contribution in [0.25, 0.3) is 10.3 Å². The first-order valence-corrected chi connectivity index (χ1v) is 7.72. The second kappa shape index (κ2) is 5.04. The topological polar surface area (TPSA) is 47.9 Å². The molecule has 0 amide bonds. The predicted octanol–water partition coefficient (Wildman–Crippen LogP) is 3.66. The van der Waals surface area contributed by atoms with Crippen LogP contribution in [0.3, 0.4) is 0 Å². The van der Waals surface area contributed by atoms with E-state index in [0.717, 1.165) is 39.9 Å². The molecule has 1 saturated carbocycles. The Labute approximate surface area is 117 Å². The highest BCUT2D eigenvalue weighted by Crippen LogP contribution is 2.31. The summed E-state index contributed by atoms with van der Waals surface area (Å²) in [6.45, 7) is 6.21. The second-order valence-corrected chi connectivity index (χ2v) is 6.64. The van der Waals surface area contributed by atoms with Gasteiger partial charge in [0.05, 0.1) is 5.01 Å². The first kappa shape index (κ1) is 12.8. The fraction of sp³-hybridized carbons (Fsp3) is 0.643. The minimum atomic E-state index is 0.288. The smallest absolute Gasteiger partial charge is 0.245 e. The molecule has 1 aliphatic rings. The number of hydrogen-bond donors (Lipinski definition) is 0. The molecule has 19 heavy (non-hydrogen) atoms. The van der Waals surface area contributed by atoms with Crippen molar-refractivity contribution < 1.29 is 4.74 Å². The van der Waals surface area contributed by atoms with Crippen LogP contribution in [0.15, 0.2) is 0 Å². The third kappa shape index (κ3) is 2.71. The molecule has 0 radical (unpaired) electrons. The van der Waals surface area contributed by atoms with Gasteiger partial charge < -0.3 is 4.74 Å². The van der Waals surface area contributed by atoms with Gasteiger partial charge in [-0.15, -0.1) is 0 Å². The van der Waals surface area contributed by atoms with Crippen molar-refractivity contribution in [3.05, 3.63) is 10.8 Å². The van der Waals surface area contributed by atoms with E-state index in [1.165, 1.54) is 12.8 Å². The second-order valence-electron chi connectivity index (χ2n) is 5.46. The molecule has 0 unspecified atom stereocenters. The van der Waals surface area contributed by atoms with E-state index in [9.17, 15) is 0 Å². The van der Waals surface area contributed by atoms with Crippen molar-refractivity contribution in [1.29, 1.82) is 0 Å². The zero-order valence-electron chi connectivity index (χ0n) is 11.6. The van der Waals surface area contributed by atoms with Gasteiger partial charge in [0, 0.05) is 0 Å². The molecule has 1 aliphatic carbocycles. The molecule has 0 aliphatic heterocycles. The number of aromatic nitrogens is 3. The Morgan fingerprint density at radius 3 is 2.53 bits per heavy atom. The molecular formula is C14H19N3OS. The summed E-state index contributed by atoms with van der Waals surface area (Å²) in [7, 11) is 0. The molecule has 0 atom stereocenters. The molecule has 3 rings (SSSR count). The van der Waals surface area contributed by atoms with Crippen LogP contribution >= 0.6 is 11.3 Å². The molecule has 0 aromatic carbocycles. The number of hydrogen-bond acceptors (Lipinski definition) is 5. The summed E-state index contributed by atoms with van der Waals surface area (Å²) in [5, 5.41) is 1.01. The van der Waals surface area contributed by atoms with Gasteiger partial charge in [0.2, 0.25) is 5.88 Å². The summed E-state index contributed by atoms with van der Waals surface area (Å²) < 4.78 is 6.10. The highest BCUT2D eigenvalue weighted by atomic mass is 32.1. The minimum absolute atomic E-state index is 0.288. The van der Waals surface area contributed by atoms with E-state index >= 15 is 0 Å². The maximum Gasteiger partial charge on any atom is 0.245 e. The van der Waals surface area contributed by atoms with Crippen LogP contribution in [-0.2, 0) is 0 Å². The van der Waals surface area contributed by atoms with E-state index < -0.39 is 0 Å². The first-order valence-electron chi connectivity index (χ1n) is 6.90. The zero-order chi connectivity index (χ0) is 13.4. The molecule has 2 heterocycles. The summed E-state index contributed by atoms with van der Waals surface area (Å²) in [6.07, 6.45) is 5.02. The van der Waals surface area contributed by atoms with Crippen molar-refractivity contribution in [2.75, 3.05) is 0 Å². The monoisotopic (exact) mass is 277 g/mol. The quantitative estimate of drug-likeness (QED) is 0.840. The molecule has 2 aromatic heterocycles. The van der Waals surface area contributed by atoms with Crippen LogP contribution in [0.5, 0.6) is 5.88 Å². The van der Waals surface area contributed by atoms with Crippen LogP contribution in [0.4, 0.5) is 0 Å². The molecule has 0 N–H and O–H groups in total. The van der Waals surface area contributed by atoms with Gasteiger partial charge in [0.15, 0.2) is 10.3 Å². The van der Waals surface area contributed by atoms with E-state index in [1.807, 2.05) is 13.8 Å². The van der Waals surface area contributed by atoms with Gasteiger partial charge in [-0.1, -0.05) is 18.3 Å². The van der Waals surface area contributed by atoms with E-state index in [4.69, 9.17) is 4.74 Å². The van der Waals surface area contributed by atoms with Gasteiger partial charge in [0.1, 0.15) is 11.9 Å². The average Bonchev–Trinajstić information content (AvgIpc) is 2.72. The molecule has 0 saturated heterocycles. The Kier molecular flexibility index (Phi) is 3.39. The lowest BCUT2D eigenvalue weighted by Crippen LogP contribution is -2.23. The third-order valence-corrected chi connectivity index (χ3v) is 4.55. The number of nitrogens with zero attached hydrogens (tertiary/aromatic N) is 3. The van der Waals surface area contributed by atoms with E-state index in [2.05, 4.69) is 21.9 Å². The van der Waals surface area contributed by atoms with Crippen molar-refractivity contribution in [2.45, 2.75) is 52.6 Å². The Balaban J connectivity index is 1.87. The standard InChI is InChI=1S/C14H19N3OS/c1-8-4-6-11(7-5-8)18-13-12-14(16-9(2)15-13)19-10(3)17-12/h8,11H,4-7H2,1-3H3. The van der Waals surface area contributed by atoms with Gasteiger partial charge in [0.25, 0.3) is 0 Å². The molecule has 102 valence electrons. The third-order valence-electron chi connectivity index (χ3n) is 3.69. The van der Waals surface area contributed by atoms with E-state index in [-0.39, 0.29) is 6.10 Å². The molecule has 0 bridgehead atoms. The SMILES string of the molecule is Cc1nc(OC2CCC(C)CC2)c2nc(C)sc2n1. The summed E-state index contributed by atoms with van der Waals surface area (Å²) in [4.78, 5) is 14.3. The van der Waals surface area contributed by atoms with Crippen LogP contribution in [0.2, 0.25) is 0 Å². The number of rotatable bonds is 2. The van der Waals surface area contributed by atoms with Gasteiger partial charge in [-0.05, 0) is 45.4 Å². The fourth-order valence-electron chi connectivity index (χ4n) is 2.59. The normalized spacial score (nSPS) is 23.7. The lowest BCUT2D eigenvalue weighted by molar-refractivity contribution is 0.131. The van der Waals surface area contributed by atoms with Gasteiger partial charge in [-0.25, -0.2) is 9.97 Å². The first-order chi connectivity index (χ1) is 9.11. The molecule has 4 nitrogen and oxygen atoms in total. The lowest BCUT2D eigenvalue weighted by atomic mass is 9.89. The van der Waals surface area contributed by atoms with Crippen molar-refractivity contribution in [3.8, 4) is 5.88 Å². The summed E-state index contributed by atoms with van der Waals surface area (Å²) in [5.41, 5.74) is 0.826. The molecule has 5 heteroatoms. The van der Waals surface area contributed by atoms with Crippen molar-refractivity contribution >= 4 is 21.7 Å². The predicted molar refractivity (Wildman–Crippen MR) is 76.7 cm³/mol. The summed E-state index contributed by atoms with van der Waals surface area (Å²) in [6, 6.07) is 0. The van der Waals surface area contributed by atoms with E-state index in [1.54, 1.807) is 11.3 Å². The summed E-state index contributed by atoms with van der Waals surface area (Å²) in [5.74, 6) is 2.26. The van der Waals surface area contributed by atoms with Gasteiger partial charge in [-0.3, -0.25) is 0 Å². The molecule has 0 spiro atoms. The Bertz CT molecular complexity index is 588. The zero-order valence-corrected chi connectivity index (χ0v) is 12.5.